The lowest BCUT2D eigenvalue weighted by atomic mass is 10.2. The second-order valence-electron chi connectivity index (χ2n) is 6.96. The molecule has 156 valence electrons. The zero-order valence-corrected chi connectivity index (χ0v) is 17.2. The first-order chi connectivity index (χ1) is 13.8. The third-order valence-electron chi connectivity index (χ3n) is 5.18. The summed E-state index contributed by atoms with van der Waals surface area (Å²) < 4.78 is 45.2. The lowest BCUT2D eigenvalue weighted by molar-refractivity contribution is -0.917. The Morgan fingerprint density at radius 1 is 1.10 bits per heavy atom. The molecule has 2 aromatic carbocycles. The molecule has 9 heteroatoms. The minimum absolute atomic E-state index is 0.182. The third-order valence-corrected chi connectivity index (χ3v) is 7.09. The van der Waals surface area contributed by atoms with E-state index in [0.29, 0.717) is 37.6 Å². The maximum atomic E-state index is 13.0. The number of hydrogen-bond acceptors (Lipinski definition) is 4. The van der Waals surface area contributed by atoms with Crippen LogP contribution in [0.3, 0.4) is 0 Å². The van der Waals surface area contributed by atoms with Crippen molar-refractivity contribution >= 4 is 21.6 Å². The maximum Gasteiger partial charge on any atom is 0.282 e. The van der Waals surface area contributed by atoms with Crippen LogP contribution in [0.25, 0.3) is 0 Å². The zero-order valence-electron chi connectivity index (χ0n) is 16.4. The van der Waals surface area contributed by atoms with Crippen molar-refractivity contribution in [2.45, 2.75) is 17.9 Å². The average molecular weight is 423 g/mol. The Balaban J connectivity index is 1.58. The van der Waals surface area contributed by atoms with Crippen molar-refractivity contribution in [3.63, 3.8) is 0 Å². The molecule has 0 unspecified atom stereocenters. The predicted molar refractivity (Wildman–Crippen MR) is 107 cm³/mol. The van der Waals surface area contributed by atoms with Gasteiger partial charge in [0.05, 0.1) is 38.2 Å². The van der Waals surface area contributed by atoms with E-state index in [9.17, 15) is 17.6 Å². The summed E-state index contributed by atoms with van der Waals surface area (Å²) in [4.78, 5) is 13.7. The molecule has 1 atom stereocenters. The number of carbonyl (C=O) groups is 1. The van der Waals surface area contributed by atoms with Gasteiger partial charge in [-0.25, -0.2) is 12.8 Å². The summed E-state index contributed by atoms with van der Waals surface area (Å²) in [5.41, 5.74) is 0.531. The standard InChI is InChI=1S/C20H24FN3O4S/c1-15(20(25)22-17-5-3-16(21)4-6-17)23-11-13-24(14-12-23)29(26,27)19-9-7-18(28-2)8-10-19/h3-10,15H,11-14H2,1-2H3,(H,22,25)/p+1/t15-/m0/s1. The summed E-state index contributed by atoms with van der Waals surface area (Å²) in [6.45, 7) is 3.51. The Morgan fingerprint density at radius 3 is 2.24 bits per heavy atom. The van der Waals surface area contributed by atoms with Gasteiger partial charge in [-0.15, -0.1) is 0 Å². The first-order valence-corrected chi connectivity index (χ1v) is 10.8. The Hall–Kier alpha value is -2.49. The van der Waals surface area contributed by atoms with E-state index in [-0.39, 0.29) is 22.7 Å². The van der Waals surface area contributed by atoms with Gasteiger partial charge in [0.15, 0.2) is 6.04 Å². The largest absolute Gasteiger partial charge is 0.497 e. The van der Waals surface area contributed by atoms with Crippen molar-refractivity contribution in [3.05, 3.63) is 54.3 Å². The van der Waals surface area contributed by atoms with Crippen molar-refractivity contribution < 1.29 is 27.2 Å². The van der Waals surface area contributed by atoms with Gasteiger partial charge in [-0.2, -0.15) is 4.31 Å². The number of benzene rings is 2. The lowest BCUT2D eigenvalue weighted by Gasteiger charge is -2.34. The van der Waals surface area contributed by atoms with E-state index < -0.39 is 10.0 Å². The van der Waals surface area contributed by atoms with E-state index in [4.69, 9.17) is 4.74 Å². The highest BCUT2D eigenvalue weighted by Crippen LogP contribution is 2.19. The van der Waals surface area contributed by atoms with E-state index in [1.165, 1.54) is 47.8 Å². The monoisotopic (exact) mass is 422 g/mol. The Kier molecular flexibility index (Phi) is 6.51. The number of amides is 1. The summed E-state index contributed by atoms with van der Waals surface area (Å²) >= 11 is 0. The van der Waals surface area contributed by atoms with Crippen LogP contribution in [-0.2, 0) is 14.8 Å². The number of methoxy groups -OCH3 is 1. The van der Waals surface area contributed by atoms with E-state index in [2.05, 4.69) is 5.32 Å². The van der Waals surface area contributed by atoms with Crippen LogP contribution in [0, 0.1) is 5.82 Å². The minimum Gasteiger partial charge on any atom is -0.497 e. The van der Waals surface area contributed by atoms with Gasteiger partial charge in [0.1, 0.15) is 11.6 Å². The molecule has 0 bridgehead atoms. The van der Waals surface area contributed by atoms with E-state index >= 15 is 0 Å². The number of nitrogens with zero attached hydrogens (tertiary/aromatic N) is 1. The molecule has 0 aromatic heterocycles. The van der Waals surface area contributed by atoms with Gasteiger partial charge in [-0.1, -0.05) is 0 Å². The third kappa shape index (κ3) is 4.92. The number of quaternary nitrogens is 1. The van der Waals surface area contributed by atoms with Crippen LogP contribution < -0.4 is 15.0 Å². The number of rotatable bonds is 6. The summed E-state index contributed by atoms with van der Waals surface area (Å²) in [6.07, 6.45) is 0. The number of halogens is 1. The van der Waals surface area contributed by atoms with Crippen molar-refractivity contribution in [1.29, 1.82) is 0 Å². The smallest absolute Gasteiger partial charge is 0.282 e. The fraction of sp³-hybridized carbons (Fsp3) is 0.350. The van der Waals surface area contributed by atoms with E-state index in [1.54, 1.807) is 12.1 Å². The first kappa shape index (κ1) is 21.2. The van der Waals surface area contributed by atoms with Crippen LogP contribution in [-0.4, -0.2) is 58.0 Å². The molecule has 1 fully saturated rings. The molecule has 0 spiro atoms. The highest BCUT2D eigenvalue weighted by Gasteiger charge is 2.34. The van der Waals surface area contributed by atoms with Crippen LogP contribution in [0.15, 0.2) is 53.4 Å². The van der Waals surface area contributed by atoms with Gasteiger partial charge in [-0.05, 0) is 55.5 Å². The highest BCUT2D eigenvalue weighted by molar-refractivity contribution is 7.89. The fourth-order valence-electron chi connectivity index (χ4n) is 3.31. The molecule has 0 aliphatic carbocycles. The Bertz CT molecular complexity index is 941. The van der Waals surface area contributed by atoms with Crippen molar-refractivity contribution in [2.24, 2.45) is 0 Å². The summed E-state index contributed by atoms with van der Waals surface area (Å²) in [6, 6.07) is 11.5. The Labute approximate surface area is 170 Å². The van der Waals surface area contributed by atoms with Crippen molar-refractivity contribution in [1.82, 2.24) is 4.31 Å². The van der Waals surface area contributed by atoms with Crippen molar-refractivity contribution in [2.75, 3.05) is 38.6 Å². The predicted octanol–water partition coefficient (Wildman–Crippen LogP) is 0.751. The molecule has 1 aliphatic heterocycles. The average Bonchev–Trinajstić information content (AvgIpc) is 2.75. The summed E-state index contributed by atoms with van der Waals surface area (Å²) in [7, 11) is -2.05. The minimum atomic E-state index is -3.58. The normalized spacial score (nSPS) is 16.9. The molecule has 3 rings (SSSR count). The highest BCUT2D eigenvalue weighted by atomic mass is 32.2. The molecular weight excluding hydrogens is 397 g/mol. The molecule has 1 saturated heterocycles. The van der Waals surface area contributed by atoms with Crippen LogP contribution in [0.2, 0.25) is 0 Å². The van der Waals surface area contributed by atoms with Crippen LogP contribution >= 0.6 is 0 Å². The topological polar surface area (TPSA) is 80.2 Å². The molecule has 1 amide bonds. The van der Waals surface area contributed by atoms with Crippen LogP contribution in [0.1, 0.15) is 6.92 Å². The molecule has 2 N–H and O–H groups in total. The molecule has 29 heavy (non-hydrogen) atoms. The second kappa shape index (κ2) is 8.89. The van der Waals surface area contributed by atoms with Crippen molar-refractivity contribution in [3.8, 4) is 5.75 Å². The van der Waals surface area contributed by atoms with Gasteiger partial charge in [0, 0.05) is 5.69 Å². The fourth-order valence-corrected chi connectivity index (χ4v) is 4.75. The Morgan fingerprint density at radius 2 is 1.69 bits per heavy atom. The number of carbonyl (C=O) groups excluding carboxylic acids is 1. The van der Waals surface area contributed by atoms with Gasteiger partial charge in [0.2, 0.25) is 10.0 Å². The van der Waals surface area contributed by atoms with Gasteiger partial charge in [0.25, 0.3) is 5.91 Å². The maximum absolute atomic E-state index is 13.0. The number of hydrogen-bond donors (Lipinski definition) is 2. The molecule has 2 aromatic rings. The lowest BCUT2D eigenvalue weighted by Crippen LogP contribution is -3.19. The van der Waals surface area contributed by atoms with Gasteiger partial charge in [-0.3, -0.25) is 4.79 Å². The second-order valence-corrected chi connectivity index (χ2v) is 8.89. The number of sulfonamides is 1. The molecule has 1 heterocycles. The number of piperazine rings is 1. The summed E-state index contributed by atoms with van der Waals surface area (Å²) in [5, 5.41) is 2.77. The van der Waals surface area contributed by atoms with Gasteiger partial charge < -0.3 is 15.0 Å². The van der Waals surface area contributed by atoms with Crippen LogP contribution in [0.5, 0.6) is 5.75 Å². The van der Waals surface area contributed by atoms with E-state index in [1.807, 2.05) is 6.92 Å². The number of nitrogens with one attached hydrogen (secondary N) is 2. The molecular formula is C20H25FN3O4S+. The number of anilines is 1. The van der Waals surface area contributed by atoms with Crippen LogP contribution in [0.4, 0.5) is 10.1 Å². The first-order valence-electron chi connectivity index (χ1n) is 9.36. The zero-order chi connectivity index (χ0) is 21.0. The summed E-state index contributed by atoms with van der Waals surface area (Å²) in [5.74, 6) is 0.0492. The SMILES string of the molecule is COc1ccc(S(=O)(=O)N2CC[NH+]([C@@H](C)C(=O)Nc3ccc(F)cc3)CC2)cc1. The molecule has 0 radical (unpaired) electrons. The quantitative estimate of drug-likeness (QED) is 0.720. The van der Waals surface area contributed by atoms with E-state index in [0.717, 1.165) is 4.90 Å². The molecule has 0 saturated carbocycles. The van der Waals surface area contributed by atoms with Gasteiger partial charge >= 0.3 is 0 Å². The molecule has 1 aliphatic rings. The molecule has 7 nitrogen and oxygen atoms in total. The number of ether oxygens (including phenoxy) is 1.